The Kier molecular flexibility index (Phi) is 26.1. The van der Waals surface area contributed by atoms with Crippen LogP contribution in [-0.4, -0.2) is 48.4 Å². The SMILES string of the molecule is C/C=C\C=C(/C)N.C=O.CC.CCCC(CCC)N1CCN(c2ncccc2C)CC1CC.CCc1ccc(C)cc1F. The zero-order chi connectivity index (χ0) is 33.2. The lowest BCUT2D eigenvalue weighted by Gasteiger charge is -2.46. The van der Waals surface area contributed by atoms with E-state index in [1.54, 1.807) is 6.07 Å². The predicted octanol–water partition coefficient (Wildman–Crippen LogP) is 9.22. The first-order valence-electron chi connectivity index (χ1n) is 16.2. The van der Waals surface area contributed by atoms with Gasteiger partial charge in [0.15, 0.2) is 0 Å². The van der Waals surface area contributed by atoms with Crippen LogP contribution in [0.4, 0.5) is 10.2 Å². The molecule has 6 heteroatoms. The number of nitrogens with two attached hydrogens (primary N) is 1. The van der Waals surface area contributed by atoms with Gasteiger partial charge in [0.2, 0.25) is 0 Å². The van der Waals surface area contributed by atoms with E-state index in [4.69, 9.17) is 10.5 Å². The number of aromatic nitrogens is 1. The molecule has 2 N–H and O–H groups in total. The average molecular weight is 599 g/mol. The highest BCUT2D eigenvalue weighted by Crippen LogP contribution is 2.25. The largest absolute Gasteiger partial charge is 0.402 e. The monoisotopic (exact) mass is 598 g/mol. The lowest BCUT2D eigenvalue weighted by Crippen LogP contribution is -2.56. The molecule has 0 aliphatic carbocycles. The molecule has 2 heterocycles. The molecular weight excluding hydrogens is 535 g/mol. The molecule has 1 aliphatic heterocycles. The van der Waals surface area contributed by atoms with E-state index < -0.39 is 0 Å². The molecule has 0 radical (unpaired) electrons. The van der Waals surface area contributed by atoms with E-state index in [1.807, 2.05) is 91.0 Å². The van der Waals surface area contributed by atoms with Crippen LogP contribution >= 0.6 is 0 Å². The molecule has 1 aromatic carbocycles. The number of pyridine rings is 1. The molecule has 43 heavy (non-hydrogen) atoms. The number of halogens is 1. The van der Waals surface area contributed by atoms with Gasteiger partial charge in [0.05, 0.1) is 0 Å². The molecule has 244 valence electrons. The predicted molar refractivity (Wildman–Crippen MR) is 187 cm³/mol. The van der Waals surface area contributed by atoms with Crippen LogP contribution in [0.1, 0.15) is 104 Å². The quantitative estimate of drug-likeness (QED) is 0.292. The highest BCUT2D eigenvalue weighted by Gasteiger charge is 2.31. The van der Waals surface area contributed by atoms with Crippen molar-refractivity contribution in [3.05, 3.63) is 83.0 Å². The summed E-state index contributed by atoms with van der Waals surface area (Å²) in [7, 11) is 0. The van der Waals surface area contributed by atoms with Crippen LogP contribution in [0.2, 0.25) is 0 Å². The van der Waals surface area contributed by atoms with E-state index in [-0.39, 0.29) is 5.82 Å². The maximum atomic E-state index is 12.9. The molecule has 3 rings (SSSR count). The summed E-state index contributed by atoms with van der Waals surface area (Å²) in [6.45, 7) is 26.2. The molecule has 1 atom stereocenters. The minimum atomic E-state index is -0.0810. The molecule has 1 saturated heterocycles. The number of benzene rings is 1. The van der Waals surface area contributed by atoms with Gasteiger partial charge in [-0.2, -0.15) is 0 Å². The lowest BCUT2D eigenvalue weighted by atomic mass is 9.99. The molecule has 1 aliphatic rings. The summed E-state index contributed by atoms with van der Waals surface area (Å²) in [4.78, 5) is 17.9. The van der Waals surface area contributed by atoms with Gasteiger partial charge in [-0.25, -0.2) is 9.37 Å². The molecule has 0 saturated carbocycles. The zero-order valence-electron chi connectivity index (χ0n) is 29.1. The van der Waals surface area contributed by atoms with E-state index in [2.05, 4.69) is 48.5 Å². The second-order valence-corrected chi connectivity index (χ2v) is 10.5. The summed E-state index contributed by atoms with van der Waals surface area (Å²) in [5.41, 5.74) is 9.21. The topological polar surface area (TPSA) is 62.5 Å². The molecule has 0 bridgehead atoms. The first-order chi connectivity index (χ1) is 20.7. The van der Waals surface area contributed by atoms with Gasteiger partial charge in [0.1, 0.15) is 18.4 Å². The average Bonchev–Trinajstić information content (AvgIpc) is 3.02. The van der Waals surface area contributed by atoms with Crippen LogP contribution in [0.5, 0.6) is 0 Å². The molecule has 1 fully saturated rings. The molecule has 0 spiro atoms. The Morgan fingerprint density at radius 2 is 1.72 bits per heavy atom. The van der Waals surface area contributed by atoms with Gasteiger partial charge in [-0.1, -0.05) is 84.7 Å². The maximum Gasteiger partial charge on any atom is 0.131 e. The first kappa shape index (κ1) is 42.1. The number of allylic oxidation sites excluding steroid dienone is 4. The number of rotatable bonds is 9. The molecule has 2 aromatic rings. The van der Waals surface area contributed by atoms with Crippen molar-refractivity contribution in [2.24, 2.45) is 5.73 Å². The minimum absolute atomic E-state index is 0.0810. The van der Waals surface area contributed by atoms with E-state index in [9.17, 15) is 4.39 Å². The van der Waals surface area contributed by atoms with Gasteiger partial charge in [-0.05, 0) is 88.3 Å². The summed E-state index contributed by atoms with van der Waals surface area (Å²) >= 11 is 0. The van der Waals surface area contributed by atoms with Crippen molar-refractivity contribution >= 4 is 12.6 Å². The summed E-state index contributed by atoms with van der Waals surface area (Å²) in [5, 5.41) is 0. The lowest BCUT2D eigenvalue weighted by molar-refractivity contribution is -0.0980. The summed E-state index contributed by atoms with van der Waals surface area (Å²) in [6.07, 6.45) is 14.9. The smallest absolute Gasteiger partial charge is 0.131 e. The standard InChI is InChI=1S/C19H33N3.C9H11F.C6H11N.C2H6.CH2O/c1-5-9-18(10-6-2)22-14-13-21(15-17(22)7-3)19-16(4)11-8-12-20-19;1-3-8-5-4-7(2)6-9(8)10;1-3-4-5-6(2)7;2*1-2/h8,11-12,17-18H,5-7,9-10,13-15H2,1-4H3;4-6H,3H2,1-2H3;3-5H,7H2,1-2H3;1-2H3;1H2/b;;4-3-,6-5+;;. The summed E-state index contributed by atoms with van der Waals surface area (Å²) in [5.74, 6) is 1.10. The van der Waals surface area contributed by atoms with Crippen LogP contribution in [0.3, 0.4) is 0 Å². The van der Waals surface area contributed by atoms with Gasteiger partial charge in [0, 0.05) is 43.6 Å². The molecular formula is C37H63FN4O. The second-order valence-electron chi connectivity index (χ2n) is 10.5. The van der Waals surface area contributed by atoms with Crippen LogP contribution in [0.25, 0.3) is 0 Å². The van der Waals surface area contributed by atoms with Crippen LogP contribution < -0.4 is 10.6 Å². The second kappa shape index (κ2) is 26.6. The van der Waals surface area contributed by atoms with E-state index >= 15 is 0 Å². The molecule has 1 aromatic heterocycles. The normalized spacial score (nSPS) is 14.8. The number of piperazine rings is 1. The van der Waals surface area contributed by atoms with Crippen molar-refractivity contribution in [1.29, 1.82) is 0 Å². The zero-order valence-corrected chi connectivity index (χ0v) is 29.1. The number of hydrogen-bond acceptors (Lipinski definition) is 5. The highest BCUT2D eigenvalue weighted by molar-refractivity contribution is 5.46. The van der Waals surface area contributed by atoms with Crippen LogP contribution in [0.15, 0.2) is 60.5 Å². The van der Waals surface area contributed by atoms with Crippen molar-refractivity contribution in [2.45, 2.75) is 120 Å². The van der Waals surface area contributed by atoms with Gasteiger partial charge < -0.3 is 15.4 Å². The Morgan fingerprint density at radius 3 is 2.16 bits per heavy atom. The fourth-order valence-electron chi connectivity index (χ4n) is 5.04. The van der Waals surface area contributed by atoms with Crippen molar-refractivity contribution in [3.8, 4) is 0 Å². The number of carbonyl (C=O) groups is 1. The summed E-state index contributed by atoms with van der Waals surface area (Å²) in [6, 6.07) is 11.0. The number of aryl methyl sites for hydroxylation is 3. The van der Waals surface area contributed by atoms with Crippen molar-refractivity contribution in [3.63, 3.8) is 0 Å². The minimum Gasteiger partial charge on any atom is -0.402 e. The van der Waals surface area contributed by atoms with E-state index in [0.717, 1.165) is 42.4 Å². The van der Waals surface area contributed by atoms with Crippen molar-refractivity contribution < 1.29 is 9.18 Å². The Labute approximate surface area is 264 Å². The van der Waals surface area contributed by atoms with Gasteiger partial charge in [0.25, 0.3) is 0 Å². The third-order valence-electron chi connectivity index (χ3n) is 7.13. The third kappa shape index (κ3) is 17.0. The Bertz CT molecular complexity index is 1010. The Hall–Kier alpha value is -2.99. The first-order valence-corrected chi connectivity index (χ1v) is 16.2. The van der Waals surface area contributed by atoms with Crippen LogP contribution in [-0.2, 0) is 11.2 Å². The summed E-state index contributed by atoms with van der Waals surface area (Å²) < 4.78 is 12.9. The van der Waals surface area contributed by atoms with Gasteiger partial charge in [-0.3, -0.25) is 4.90 Å². The molecule has 5 nitrogen and oxygen atoms in total. The Morgan fingerprint density at radius 1 is 1.09 bits per heavy atom. The van der Waals surface area contributed by atoms with E-state index in [0.29, 0.717) is 6.04 Å². The van der Waals surface area contributed by atoms with Gasteiger partial charge >= 0.3 is 0 Å². The number of anilines is 1. The van der Waals surface area contributed by atoms with E-state index in [1.165, 1.54) is 50.0 Å². The van der Waals surface area contributed by atoms with Crippen molar-refractivity contribution in [2.75, 3.05) is 24.5 Å². The highest BCUT2D eigenvalue weighted by atomic mass is 19.1. The number of carbonyl (C=O) groups excluding carboxylic acids is 1. The Balaban J connectivity index is 0. The fourth-order valence-corrected chi connectivity index (χ4v) is 5.04. The third-order valence-corrected chi connectivity index (χ3v) is 7.13. The molecule has 1 unspecified atom stereocenters. The van der Waals surface area contributed by atoms with Crippen molar-refractivity contribution in [1.82, 2.24) is 9.88 Å². The number of nitrogens with zero attached hydrogens (tertiary/aromatic N) is 3. The maximum absolute atomic E-state index is 12.9. The number of hydrogen-bond donors (Lipinski definition) is 1. The van der Waals surface area contributed by atoms with Crippen LogP contribution in [0, 0.1) is 19.7 Å². The van der Waals surface area contributed by atoms with Gasteiger partial charge in [-0.15, -0.1) is 0 Å². The molecule has 0 amide bonds. The fraction of sp³-hybridized carbons (Fsp3) is 0.568.